The Hall–Kier alpha value is -2.42. The molecule has 0 unspecified atom stereocenters. The van der Waals surface area contributed by atoms with Crippen molar-refractivity contribution in [3.05, 3.63) is 41.5 Å². The van der Waals surface area contributed by atoms with E-state index < -0.39 is 35.5 Å². The number of carbonyl (C=O) groups excluding carboxylic acids is 2. The maximum Gasteiger partial charge on any atom is 0.413 e. The molecule has 4 atom stereocenters. The van der Waals surface area contributed by atoms with Gasteiger partial charge in [0.2, 0.25) is 0 Å². The second kappa shape index (κ2) is 12.2. The predicted octanol–water partition coefficient (Wildman–Crippen LogP) is 4.73. The van der Waals surface area contributed by atoms with E-state index in [2.05, 4.69) is 0 Å². The summed E-state index contributed by atoms with van der Waals surface area (Å²) in [6.07, 6.45) is 0.309. The van der Waals surface area contributed by atoms with E-state index in [1.165, 1.54) is 4.90 Å². The highest BCUT2D eigenvalue weighted by molar-refractivity contribution is 5.83. The van der Waals surface area contributed by atoms with Crippen LogP contribution in [-0.2, 0) is 25.6 Å². The molecule has 2 rings (SSSR count). The van der Waals surface area contributed by atoms with Crippen LogP contribution < -0.4 is 4.74 Å². The number of methoxy groups -OCH3 is 1. The predicted molar refractivity (Wildman–Crippen MR) is 138 cm³/mol. The maximum atomic E-state index is 13.0. The Balaban J connectivity index is 1.98. The zero-order valence-electron chi connectivity index (χ0n) is 23.2. The molecule has 0 spiro atoms. The van der Waals surface area contributed by atoms with Gasteiger partial charge in [-0.2, -0.15) is 0 Å². The molecule has 1 aliphatic rings. The lowest BCUT2D eigenvalue weighted by molar-refractivity contribution is -0.130. The number of Topliss-reactive ketones (excluding diaryl/α,β-unsaturated/α-hetero) is 1. The summed E-state index contributed by atoms with van der Waals surface area (Å²) in [6.45, 7) is 15.2. The minimum atomic E-state index is -0.995. The van der Waals surface area contributed by atoms with Crippen LogP contribution in [-0.4, -0.2) is 65.7 Å². The molecule has 1 aromatic rings. The van der Waals surface area contributed by atoms with Crippen molar-refractivity contribution in [1.29, 1.82) is 0 Å². The van der Waals surface area contributed by atoms with Crippen molar-refractivity contribution in [1.82, 2.24) is 4.90 Å². The van der Waals surface area contributed by atoms with Gasteiger partial charge in [-0.3, -0.25) is 9.69 Å². The molecule has 0 radical (unpaired) electrons. The number of rotatable bonds is 10. The van der Waals surface area contributed by atoms with Crippen molar-refractivity contribution in [2.45, 2.75) is 85.5 Å². The SMILES string of the molecule is COc1ccc(COC[C@H](C)C(=O)[C@@H](C)[C@@H](O)/C(C)=C/[C@@H]2COC(C)(C)N2C(=O)OC(C)(C)C)cc1. The van der Waals surface area contributed by atoms with Crippen LogP contribution in [0, 0.1) is 11.8 Å². The van der Waals surface area contributed by atoms with E-state index in [9.17, 15) is 14.7 Å². The van der Waals surface area contributed by atoms with Gasteiger partial charge >= 0.3 is 6.09 Å². The van der Waals surface area contributed by atoms with Crippen LogP contribution in [0.25, 0.3) is 0 Å². The van der Waals surface area contributed by atoms with Crippen LogP contribution in [0.1, 0.15) is 61.0 Å². The smallest absolute Gasteiger partial charge is 0.413 e. The average molecular weight is 506 g/mol. The number of ketones is 1. The lowest BCUT2D eigenvalue weighted by atomic mass is 9.88. The Morgan fingerprint density at radius 2 is 1.83 bits per heavy atom. The normalized spacial score (nSPS) is 20.6. The molecule has 0 bridgehead atoms. The molecule has 36 heavy (non-hydrogen) atoms. The van der Waals surface area contributed by atoms with Crippen molar-refractivity contribution >= 4 is 11.9 Å². The summed E-state index contributed by atoms with van der Waals surface area (Å²) >= 11 is 0. The Kier molecular flexibility index (Phi) is 10.1. The molecule has 0 aliphatic carbocycles. The largest absolute Gasteiger partial charge is 0.497 e. The highest BCUT2D eigenvalue weighted by atomic mass is 16.6. The van der Waals surface area contributed by atoms with Crippen LogP contribution in [0.2, 0.25) is 0 Å². The van der Waals surface area contributed by atoms with Gasteiger partial charge in [0.1, 0.15) is 22.9 Å². The summed E-state index contributed by atoms with van der Waals surface area (Å²) in [5.74, 6) is -0.327. The van der Waals surface area contributed by atoms with Gasteiger partial charge in [0.05, 0.1) is 39.1 Å². The van der Waals surface area contributed by atoms with E-state index in [-0.39, 0.29) is 24.9 Å². The molecule has 0 aromatic heterocycles. The first kappa shape index (κ1) is 29.8. The third-order valence-electron chi connectivity index (χ3n) is 6.23. The van der Waals surface area contributed by atoms with Gasteiger partial charge in [-0.1, -0.05) is 32.1 Å². The van der Waals surface area contributed by atoms with Crippen molar-refractivity contribution in [3.63, 3.8) is 0 Å². The standard InChI is InChI=1S/C28H43NO7/c1-18(14-22-17-35-28(7,8)29(22)26(32)36-27(4,5)6)24(30)20(3)25(31)19(2)15-34-16-21-10-12-23(33-9)13-11-21/h10-14,19-20,22,24,30H,15-17H2,1-9H3/b18-14+/t19-,20-,22+,24-/m0/s1. The van der Waals surface area contributed by atoms with Crippen molar-refractivity contribution in [3.8, 4) is 5.75 Å². The average Bonchev–Trinajstić information content (AvgIpc) is 3.10. The fraction of sp³-hybridized carbons (Fsp3) is 0.643. The third kappa shape index (κ3) is 8.05. The van der Waals surface area contributed by atoms with E-state index in [4.69, 9.17) is 18.9 Å². The molecular formula is C28H43NO7. The number of aliphatic hydroxyl groups is 1. The number of ether oxygens (including phenoxy) is 4. The summed E-state index contributed by atoms with van der Waals surface area (Å²) in [7, 11) is 1.62. The second-order valence-electron chi connectivity index (χ2n) is 11.0. The second-order valence-corrected chi connectivity index (χ2v) is 11.0. The highest BCUT2D eigenvalue weighted by Crippen LogP contribution is 2.31. The van der Waals surface area contributed by atoms with E-state index in [0.29, 0.717) is 12.2 Å². The fourth-order valence-corrected chi connectivity index (χ4v) is 4.18. The van der Waals surface area contributed by atoms with Crippen LogP contribution in [0.3, 0.4) is 0 Å². The number of aliphatic hydroxyl groups excluding tert-OH is 1. The molecule has 1 amide bonds. The van der Waals surface area contributed by atoms with Gasteiger partial charge in [0.25, 0.3) is 0 Å². The van der Waals surface area contributed by atoms with Gasteiger partial charge in [0.15, 0.2) is 0 Å². The number of nitrogens with zero attached hydrogens (tertiary/aromatic N) is 1. The molecule has 1 N–H and O–H groups in total. The van der Waals surface area contributed by atoms with Crippen LogP contribution in [0.15, 0.2) is 35.9 Å². The first-order valence-electron chi connectivity index (χ1n) is 12.4. The Morgan fingerprint density at radius 3 is 2.39 bits per heavy atom. The van der Waals surface area contributed by atoms with Crippen LogP contribution >= 0.6 is 0 Å². The Bertz CT molecular complexity index is 917. The third-order valence-corrected chi connectivity index (χ3v) is 6.23. The van der Waals surface area contributed by atoms with E-state index in [1.54, 1.807) is 47.8 Å². The minimum Gasteiger partial charge on any atom is -0.497 e. The molecule has 202 valence electrons. The van der Waals surface area contributed by atoms with Gasteiger partial charge in [0, 0.05) is 11.8 Å². The summed E-state index contributed by atoms with van der Waals surface area (Å²) in [6, 6.07) is 7.14. The molecule has 8 heteroatoms. The zero-order chi connectivity index (χ0) is 27.3. The van der Waals surface area contributed by atoms with Crippen molar-refractivity contribution < 1.29 is 33.6 Å². The topological polar surface area (TPSA) is 94.5 Å². The summed E-state index contributed by atoms with van der Waals surface area (Å²) in [5.41, 5.74) is 0.0809. The van der Waals surface area contributed by atoms with E-state index >= 15 is 0 Å². The molecule has 0 saturated carbocycles. The molecule has 1 heterocycles. The zero-order valence-corrected chi connectivity index (χ0v) is 23.2. The molecule has 1 fully saturated rings. The lowest BCUT2D eigenvalue weighted by Crippen LogP contribution is -2.49. The molecule has 1 aliphatic heterocycles. The number of benzene rings is 1. The summed E-state index contributed by atoms with van der Waals surface area (Å²) in [5, 5.41) is 10.9. The first-order chi connectivity index (χ1) is 16.7. The molecule has 8 nitrogen and oxygen atoms in total. The number of amides is 1. The number of hydrogen-bond donors (Lipinski definition) is 1. The van der Waals surface area contributed by atoms with Gasteiger partial charge in [-0.15, -0.1) is 0 Å². The Labute approximate surface area is 215 Å². The Morgan fingerprint density at radius 1 is 1.22 bits per heavy atom. The number of carbonyl (C=O) groups is 2. The van der Waals surface area contributed by atoms with E-state index in [1.807, 2.05) is 45.0 Å². The van der Waals surface area contributed by atoms with Gasteiger partial charge in [-0.25, -0.2) is 4.79 Å². The quantitative estimate of drug-likeness (QED) is 0.459. The molecular weight excluding hydrogens is 462 g/mol. The van der Waals surface area contributed by atoms with E-state index in [0.717, 1.165) is 11.3 Å². The first-order valence-corrected chi connectivity index (χ1v) is 12.4. The lowest BCUT2D eigenvalue weighted by Gasteiger charge is -2.34. The fourth-order valence-electron chi connectivity index (χ4n) is 4.18. The number of hydrogen-bond acceptors (Lipinski definition) is 7. The minimum absolute atomic E-state index is 0.0861. The maximum absolute atomic E-state index is 13.0. The molecule has 1 saturated heterocycles. The monoisotopic (exact) mass is 505 g/mol. The van der Waals surface area contributed by atoms with Crippen molar-refractivity contribution in [2.24, 2.45) is 11.8 Å². The van der Waals surface area contributed by atoms with Crippen LogP contribution in [0.4, 0.5) is 4.79 Å². The van der Waals surface area contributed by atoms with Gasteiger partial charge < -0.3 is 24.1 Å². The van der Waals surface area contributed by atoms with Crippen LogP contribution in [0.5, 0.6) is 5.75 Å². The van der Waals surface area contributed by atoms with Gasteiger partial charge in [-0.05, 0) is 64.8 Å². The summed E-state index contributed by atoms with van der Waals surface area (Å²) < 4.78 is 22.3. The summed E-state index contributed by atoms with van der Waals surface area (Å²) in [4.78, 5) is 27.4. The highest BCUT2D eigenvalue weighted by Gasteiger charge is 2.45. The van der Waals surface area contributed by atoms with Crippen molar-refractivity contribution in [2.75, 3.05) is 20.3 Å². The molecule has 1 aromatic carbocycles.